The summed E-state index contributed by atoms with van der Waals surface area (Å²) in [6.07, 6.45) is 3.08. The summed E-state index contributed by atoms with van der Waals surface area (Å²) in [5.74, 6) is -1.89. The number of anilines is 1. The van der Waals surface area contributed by atoms with E-state index in [0.29, 0.717) is 16.6 Å². The van der Waals surface area contributed by atoms with Crippen molar-refractivity contribution in [3.8, 4) is 0 Å². The third-order valence-electron chi connectivity index (χ3n) is 6.23. The van der Waals surface area contributed by atoms with Crippen molar-refractivity contribution in [1.82, 2.24) is 20.7 Å². The standard InChI is InChI=1S/C27H34BrN5O6S/c1-3-4-8-13-29-26(36)22(31-27(37)23(30-18(2)34)15-19-9-6-5-7-10-19)16-20-11-12-24(21(28)14-20)33-17-25(35)32-40(33,38)39/h5-7,9-12,14,22-23H,3-4,8,13,15-17H2,1-2H3,(H,29,36)(H,30,34)(H,31,37)(H,32,35). The zero-order valence-corrected chi connectivity index (χ0v) is 24.8. The number of nitrogens with zero attached hydrogens (tertiary/aromatic N) is 1. The van der Waals surface area contributed by atoms with Gasteiger partial charge in [-0.05, 0) is 45.6 Å². The van der Waals surface area contributed by atoms with Crippen LogP contribution >= 0.6 is 15.9 Å². The Morgan fingerprint density at radius 1 is 0.975 bits per heavy atom. The lowest BCUT2D eigenvalue weighted by atomic mass is 10.0. The number of halogens is 1. The minimum atomic E-state index is -3.99. The second-order valence-electron chi connectivity index (χ2n) is 9.53. The maximum Gasteiger partial charge on any atom is 0.326 e. The zero-order valence-electron chi connectivity index (χ0n) is 22.4. The van der Waals surface area contributed by atoms with E-state index in [1.165, 1.54) is 13.0 Å². The number of unbranched alkanes of at least 4 members (excludes halogenated alkanes) is 2. The van der Waals surface area contributed by atoms with E-state index in [9.17, 15) is 27.6 Å². The van der Waals surface area contributed by atoms with E-state index in [1.807, 2.05) is 35.1 Å². The molecule has 2 atom stereocenters. The Morgan fingerprint density at radius 3 is 2.25 bits per heavy atom. The highest BCUT2D eigenvalue weighted by Gasteiger charge is 2.35. The summed E-state index contributed by atoms with van der Waals surface area (Å²) >= 11 is 3.37. The molecule has 1 aliphatic heterocycles. The number of amides is 4. The van der Waals surface area contributed by atoms with Gasteiger partial charge in [-0.15, -0.1) is 0 Å². The Kier molecular flexibility index (Phi) is 11.1. The van der Waals surface area contributed by atoms with Crippen LogP contribution in [0.2, 0.25) is 0 Å². The number of benzene rings is 2. The second-order valence-corrected chi connectivity index (χ2v) is 12.0. The molecule has 4 amide bonds. The van der Waals surface area contributed by atoms with Crippen LogP contribution in [-0.2, 0) is 42.2 Å². The van der Waals surface area contributed by atoms with Gasteiger partial charge in [-0.3, -0.25) is 19.2 Å². The third kappa shape index (κ3) is 8.78. The molecule has 0 bridgehead atoms. The number of hydrogen-bond acceptors (Lipinski definition) is 6. The maximum absolute atomic E-state index is 13.3. The Bertz CT molecular complexity index is 1340. The van der Waals surface area contributed by atoms with E-state index in [-0.39, 0.29) is 36.9 Å². The van der Waals surface area contributed by atoms with Crippen LogP contribution in [-0.4, -0.2) is 57.2 Å². The summed E-state index contributed by atoms with van der Waals surface area (Å²) in [7, 11) is -3.99. The normalized spacial score (nSPS) is 15.6. The molecule has 2 aromatic carbocycles. The molecule has 2 aromatic rings. The molecule has 1 fully saturated rings. The number of carbonyl (C=O) groups excluding carboxylic acids is 4. The average molecular weight is 637 g/mol. The lowest BCUT2D eigenvalue weighted by molar-refractivity contribution is -0.131. The van der Waals surface area contributed by atoms with Gasteiger partial charge < -0.3 is 16.0 Å². The van der Waals surface area contributed by atoms with E-state index < -0.39 is 34.1 Å². The zero-order chi connectivity index (χ0) is 29.3. The summed E-state index contributed by atoms with van der Waals surface area (Å²) in [4.78, 5) is 50.0. The van der Waals surface area contributed by atoms with Crippen molar-refractivity contribution in [1.29, 1.82) is 0 Å². The van der Waals surface area contributed by atoms with Crippen molar-refractivity contribution in [2.45, 2.75) is 58.0 Å². The van der Waals surface area contributed by atoms with Crippen LogP contribution in [0.4, 0.5) is 5.69 Å². The molecule has 1 saturated heterocycles. The number of carbonyl (C=O) groups is 4. The summed E-state index contributed by atoms with van der Waals surface area (Å²) in [6, 6.07) is 12.2. The molecule has 0 saturated carbocycles. The van der Waals surface area contributed by atoms with Crippen LogP contribution in [0.15, 0.2) is 53.0 Å². The summed E-state index contributed by atoms with van der Waals surface area (Å²) in [5, 5.41) is 8.34. The molecule has 0 aromatic heterocycles. The average Bonchev–Trinajstić information content (AvgIpc) is 3.17. The minimum absolute atomic E-state index is 0.103. The Labute approximate surface area is 242 Å². The van der Waals surface area contributed by atoms with Crippen molar-refractivity contribution in [3.63, 3.8) is 0 Å². The Hall–Kier alpha value is -3.45. The molecule has 216 valence electrons. The molecule has 3 rings (SSSR count). The minimum Gasteiger partial charge on any atom is -0.354 e. The first-order chi connectivity index (χ1) is 19.0. The molecule has 40 heavy (non-hydrogen) atoms. The molecule has 1 aliphatic rings. The molecule has 1 heterocycles. The molecule has 11 nitrogen and oxygen atoms in total. The van der Waals surface area contributed by atoms with Crippen LogP contribution in [0.5, 0.6) is 0 Å². The van der Waals surface area contributed by atoms with E-state index in [2.05, 4.69) is 38.8 Å². The predicted molar refractivity (Wildman–Crippen MR) is 154 cm³/mol. The molecule has 0 spiro atoms. The smallest absolute Gasteiger partial charge is 0.326 e. The fourth-order valence-corrected chi connectivity index (χ4v) is 6.20. The van der Waals surface area contributed by atoms with E-state index >= 15 is 0 Å². The molecule has 0 aliphatic carbocycles. The van der Waals surface area contributed by atoms with Gasteiger partial charge in [-0.2, -0.15) is 8.42 Å². The van der Waals surface area contributed by atoms with Crippen molar-refractivity contribution >= 4 is 55.5 Å². The van der Waals surface area contributed by atoms with Gasteiger partial charge in [0.2, 0.25) is 17.7 Å². The first kappa shape index (κ1) is 31.1. The molecular weight excluding hydrogens is 602 g/mol. The Balaban J connectivity index is 1.81. The van der Waals surface area contributed by atoms with Crippen LogP contribution < -0.4 is 25.0 Å². The molecule has 0 radical (unpaired) electrons. The summed E-state index contributed by atoms with van der Waals surface area (Å²) < 4.78 is 27.8. The van der Waals surface area contributed by atoms with Gasteiger partial charge in [0.1, 0.15) is 18.6 Å². The molecule has 13 heteroatoms. The highest BCUT2D eigenvalue weighted by molar-refractivity contribution is 9.10. The largest absolute Gasteiger partial charge is 0.354 e. The Morgan fingerprint density at radius 2 is 1.65 bits per heavy atom. The van der Waals surface area contributed by atoms with Crippen LogP contribution in [0.1, 0.15) is 44.2 Å². The highest BCUT2D eigenvalue weighted by atomic mass is 79.9. The van der Waals surface area contributed by atoms with E-state index in [1.54, 1.807) is 12.1 Å². The van der Waals surface area contributed by atoms with Crippen LogP contribution in [0.25, 0.3) is 0 Å². The molecular formula is C27H34BrN5O6S. The van der Waals surface area contributed by atoms with Gasteiger partial charge >= 0.3 is 10.2 Å². The lowest BCUT2D eigenvalue weighted by Gasteiger charge is -2.24. The summed E-state index contributed by atoms with van der Waals surface area (Å²) in [6.45, 7) is 3.49. The SMILES string of the molecule is CCCCCNC(=O)C(Cc1ccc(N2CC(=O)NS2(=O)=O)c(Br)c1)NC(=O)C(Cc1ccccc1)NC(C)=O. The first-order valence-corrected chi connectivity index (χ1v) is 15.2. The number of nitrogens with one attached hydrogen (secondary N) is 4. The number of rotatable bonds is 13. The van der Waals surface area contributed by atoms with E-state index in [4.69, 9.17) is 0 Å². The number of hydrogen-bond donors (Lipinski definition) is 4. The quantitative estimate of drug-likeness (QED) is 0.246. The topological polar surface area (TPSA) is 154 Å². The van der Waals surface area contributed by atoms with Crippen molar-refractivity contribution in [2.75, 3.05) is 17.4 Å². The van der Waals surface area contributed by atoms with E-state index in [0.717, 1.165) is 29.1 Å². The second kappa shape index (κ2) is 14.3. The predicted octanol–water partition coefficient (Wildman–Crippen LogP) is 1.71. The fourth-order valence-electron chi connectivity index (χ4n) is 4.27. The van der Waals surface area contributed by atoms with Gasteiger partial charge in [0.05, 0.1) is 5.69 Å². The monoisotopic (exact) mass is 635 g/mol. The lowest BCUT2D eigenvalue weighted by Crippen LogP contribution is -2.55. The highest BCUT2D eigenvalue weighted by Crippen LogP contribution is 2.30. The van der Waals surface area contributed by atoms with Crippen molar-refractivity contribution in [3.05, 3.63) is 64.1 Å². The van der Waals surface area contributed by atoms with Gasteiger partial charge in [0, 0.05) is 30.8 Å². The molecule has 2 unspecified atom stereocenters. The fraction of sp³-hybridized carbons (Fsp3) is 0.407. The van der Waals surface area contributed by atoms with Gasteiger partial charge in [-0.1, -0.05) is 56.2 Å². The van der Waals surface area contributed by atoms with Gasteiger partial charge in [-0.25, -0.2) is 9.03 Å². The van der Waals surface area contributed by atoms with Crippen molar-refractivity contribution in [2.24, 2.45) is 0 Å². The third-order valence-corrected chi connectivity index (χ3v) is 8.26. The van der Waals surface area contributed by atoms with Crippen LogP contribution in [0, 0.1) is 0 Å². The van der Waals surface area contributed by atoms with Gasteiger partial charge in [0.25, 0.3) is 5.91 Å². The summed E-state index contributed by atoms with van der Waals surface area (Å²) in [5.41, 5.74) is 1.75. The van der Waals surface area contributed by atoms with Gasteiger partial charge in [0.15, 0.2) is 0 Å². The maximum atomic E-state index is 13.3. The van der Waals surface area contributed by atoms with Crippen LogP contribution in [0.3, 0.4) is 0 Å². The van der Waals surface area contributed by atoms with Crippen molar-refractivity contribution < 1.29 is 27.6 Å². The molecule has 4 N–H and O–H groups in total. The first-order valence-electron chi connectivity index (χ1n) is 13.0.